The SMILES string of the molecule is Cc1cccc(Cl)c1C=Cc1c[nH]c2c1cc(-c1cnn(C3CCNCC3)c1)c[n+]2C. The van der Waals surface area contributed by atoms with Crippen molar-refractivity contribution >= 4 is 34.8 Å². The third-order valence-corrected chi connectivity index (χ3v) is 6.56. The molecule has 1 aliphatic rings. The van der Waals surface area contributed by atoms with Gasteiger partial charge in [0.05, 0.1) is 37.1 Å². The number of nitrogens with zero attached hydrogens (tertiary/aromatic N) is 3. The Labute approximate surface area is 187 Å². The van der Waals surface area contributed by atoms with Crippen LogP contribution in [0.2, 0.25) is 5.02 Å². The van der Waals surface area contributed by atoms with Crippen LogP contribution in [-0.2, 0) is 7.05 Å². The predicted molar refractivity (Wildman–Crippen MR) is 127 cm³/mol. The summed E-state index contributed by atoms with van der Waals surface area (Å²) < 4.78 is 4.28. The monoisotopic (exact) mass is 432 g/mol. The van der Waals surface area contributed by atoms with E-state index in [0.717, 1.165) is 53.3 Å². The van der Waals surface area contributed by atoms with E-state index in [4.69, 9.17) is 11.6 Å². The summed E-state index contributed by atoms with van der Waals surface area (Å²) in [5.41, 5.74) is 6.76. The molecule has 1 fully saturated rings. The number of aromatic amines is 1. The summed E-state index contributed by atoms with van der Waals surface area (Å²) in [7, 11) is 2.07. The van der Waals surface area contributed by atoms with Gasteiger partial charge in [-0.2, -0.15) is 5.10 Å². The molecule has 6 heteroatoms. The Morgan fingerprint density at radius 3 is 2.84 bits per heavy atom. The summed E-state index contributed by atoms with van der Waals surface area (Å²) in [5, 5.41) is 10.0. The highest BCUT2D eigenvalue weighted by Crippen LogP contribution is 2.28. The molecule has 5 rings (SSSR count). The molecule has 0 saturated carbocycles. The van der Waals surface area contributed by atoms with Crippen molar-refractivity contribution in [2.45, 2.75) is 25.8 Å². The summed E-state index contributed by atoms with van der Waals surface area (Å²) in [6.45, 7) is 4.20. The maximum absolute atomic E-state index is 6.41. The van der Waals surface area contributed by atoms with Gasteiger partial charge in [-0.25, -0.2) is 9.55 Å². The fourth-order valence-electron chi connectivity index (χ4n) is 4.43. The molecule has 0 radical (unpaired) electrons. The van der Waals surface area contributed by atoms with Crippen molar-refractivity contribution in [3.8, 4) is 11.1 Å². The van der Waals surface area contributed by atoms with Gasteiger partial charge in [0.1, 0.15) is 0 Å². The molecule has 0 amide bonds. The van der Waals surface area contributed by atoms with E-state index in [-0.39, 0.29) is 0 Å². The summed E-state index contributed by atoms with van der Waals surface area (Å²) in [4.78, 5) is 3.41. The van der Waals surface area contributed by atoms with Crippen LogP contribution >= 0.6 is 11.6 Å². The van der Waals surface area contributed by atoms with Gasteiger partial charge in [-0.05, 0) is 62.2 Å². The standard InChI is InChI=1S/C25H26ClN5/c1-17-4-3-5-24(26)22(17)7-6-18-13-28-25-23(18)12-19(15-30(25)2)20-14-29-31(16-20)21-8-10-27-11-9-21/h3-7,12-16,21,27H,8-11H2,1-2H3/p+1. The quantitative estimate of drug-likeness (QED) is 0.450. The fraction of sp³-hybridized carbons (Fsp3) is 0.280. The molecule has 0 aliphatic carbocycles. The van der Waals surface area contributed by atoms with Gasteiger partial charge in [0.15, 0.2) is 0 Å². The Bertz CT molecular complexity index is 1240. The van der Waals surface area contributed by atoms with Crippen LogP contribution in [0.1, 0.15) is 35.6 Å². The molecule has 0 atom stereocenters. The number of nitrogens with one attached hydrogen (secondary N) is 2. The summed E-state index contributed by atoms with van der Waals surface area (Å²) in [6, 6.07) is 8.73. The molecule has 1 aromatic carbocycles. The van der Waals surface area contributed by atoms with E-state index in [1.807, 2.05) is 18.3 Å². The Balaban J connectivity index is 1.50. The summed E-state index contributed by atoms with van der Waals surface area (Å²) in [5.74, 6) is 0. The lowest BCUT2D eigenvalue weighted by molar-refractivity contribution is -0.646. The van der Waals surface area contributed by atoms with Gasteiger partial charge < -0.3 is 5.32 Å². The lowest BCUT2D eigenvalue weighted by Crippen LogP contribution is -2.29. The van der Waals surface area contributed by atoms with Crippen LogP contribution in [0, 0.1) is 6.92 Å². The second kappa shape index (κ2) is 8.33. The van der Waals surface area contributed by atoms with E-state index < -0.39 is 0 Å². The largest absolute Gasteiger partial charge is 0.317 e. The first-order valence-electron chi connectivity index (χ1n) is 10.8. The van der Waals surface area contributed by atoms with Gasteiger partial charge in [0.2, 0.25) is 0 Å². The molecule has 0 unspecified atom stereocenters. The Kier molecular flexibility index (Phi) is 5.38. The predicted octanol–water partition coefficient (Wildman–Crippen LogP) is 4.91. The molecule has 0 bridgehead atoms. The van der Waals surface area contributed by atoms with Gasteiger partial charge >= 0.3 is 0 Å². The van der Waals surface area contributed by atoms with Crippen molar-refractivity contribution < 1.29 is 4.57 Å². The van der Waals surface area contributed by atoms with Gasteiger partial charge in [-0.15, -0.1) is 0 Å². The first-order valence-corrected chi connectivity index (χ1v) is 11.2. The Morgan fingerprint density at radius 2 is 2.03 bits per heavy atom. The molecule has 2 N–H and O–H groups in total. The second-order valence-corrected chi connectivity index (χ2v) is 8.75. The number of H-pyrrole nitrogens is 1. The first kappa shape index (κ1) is 20.0. The zero-order valence-corrected chi connectivity index (χ0v) is 18.7. The zero-order valence-electron chi connectivity index (χ0n) is 17.9. The maximum atomic E-state index is 6.41. The van der Waals surface area contributed by atoms with E-state index >= 15 is 0 Å². The van der Waals surface area contributed by atoms with Crippen LogP contribution in [0.3, 0.4) is 0 Å². The van der Waals surface area contributed by atoms with Crippen molar-refractivity contribution in [2.75, 3.05) is 13.1 Å². The number of hydrogen-bond acceptors (Lipinski definition) is 2. The van der Waals surface area contributed by atoms with Crippen LogP contribution in [0.25, 0.3) is 34.3 Å². The number of rotatable bonds is 4. The lowest BCUT2D eigenvalue weighted by atomic mass is 10.1. The molecule has 4 aromatic rings. The summed E-state index contributed by atoms with van der Waals surface area (Å²) in [6.07, 6.45) is 14.9. The molecule has 0 spiro atoms. The molecule has 31 heavy (non-hydrogen) atoms. The van der Waals surface area contributed by atoms with Crippen molar-refractivity contribution in [1.29, 1.82) is 0 Å². The van der Waals surface area contributed by atoms with Crippen molar-refractivity contribution in [3.63, 3.8) is 0 Å². The van der Waals surface area contributed by atoms with Gasteiger partial charge in [0, 0.05) is 27.9 Å². The zero-order chi connectivity index (χ0) is 21.4. The van der Waals surface area contributed by atoms with Crippen molar-refractivity contribution in [1.82, 2.24) is 20.1 Å². The number of aromatic nitrogens is 4. The molecule has 1 saturated heterocycles. The number of halogens is 1. The van der Waals surface area contributed by atoms with E-state index in [0.29, 0.717) is 6.04 Å². The van der Waals surface area contributed by atoms with Crippen LogP contribution in [0.4, 0.5) is 0 Å². The van der Waals surface area contributed by atoms with Crippen LogP contribution < -0.4 is 9.88 Å². The molecule has 158 valence electrons. The highest BCUT2D eigenvalue weighted by molar-refractivity contribution is 6.32. The average molecular weight is 433 g/mol. The van der Waals surface area contributed by atoms with E-state index in [2.05, 4.69) is 81.5 Å². The third kappa shape index (κ3) is 3.91. The van der Waals surface area contributed by atoms with Crippen LogP contribution in [0.5, 0.6) is 0 Å². The molecular formula is C25H27ClN5+. The molecule has 5 nitrogen and oxygen atoms in total. The second-order valence-electron chi connectivity index (χ2n) is 8.34. The van der Waals surface area contributed by atoms with Gasteiger partial charge in [0.25, 0.3) is 5.65 Å². The smallest absolute Gasteiger partial charge is 0.286 e. The Hall–Kier alpha value is -2.89. The highest BCUT2D eigenvalue weighted by atomic mass is 35.5. The van der Waals surface area contributed by atoms with Crippen LogP contribution in [-0.4, -0.2) is 27.9 Å². The van der Waals surface area contributed by atoms with E-state index in [9.17, 15) is 0 Å². The number of fused-ring (bicyclic) bond motifs is 1. The molecule has 1 aliphatic heterocycles. The van der Waals surface area contributed by atoms with Crippen molar-refractivity contribution in [2.24, 2.45) is 7.05 Å². The number of aryl methyl sites for hydroxylation is 2. The van der Waals surface area contributed by atoms with Crippen molar-refractivity contribution in [3.05, 3.63) is 70.8 Å². The normalized spacial score (nSPS) is 15.3. The number of hydrogen-bond donors (Lipinski definition) is 2. The number of pyridine rings is 1. The number of benzene rings is 1. The summed E-state index contributed by atoms with van der Waals surface area (Å²) >= 11 is 6.41. The van der Waals surface area contributed by atoms with E-state index in [1.54, 1.807) is 0 Å². The van der Waals surface area contributed by atoms with E-state index in [1.165, 1.54) is 16.5 Å². The molecule has 4 heterocycles. The Morgan fingerprint density at radius 1 is 1.19 bits per heavy atom. The molecule has 3 aromatic heterocycles. The lowest BCUT2D eigenvalue weighted by Gasteiger charge is -2.22. The van der Waals surface area contributed by atoms with Gasteiger partial charge in [-0.3, -0.25) is 4.68 Å². The highest BCUT2D eigenvalue weighted by Gasteiger charge is 2.18. The third-order valence-electron chi connectivity index (χ3n) is 6.23. The minimum Gasteiger partial charge on any atom is -0.317 e. The van der Waals surface area contributed by atoms with Gasteiger partial charge in [-0.1, -0.05) is 29.8 Å². The fourth-order valence-corrected chi connectivity index (χ4v) is 4.72. The first-order chi connectivity index (χ1) is 15.1. The minimum absolute atomic E-state index is 0.483. The maximum Gasteiger partial charge on any atom is 0.286 e. The topological polar surface area (TPSA) is 49.5 Å². The average Bonchev–Trinajstić information content (AvgIpc) is 3.42. The van der Waals surface area contributed by atoms with Crippen LogP contribution in [0.15, 0.2) is 49.1 Å². The molecular weight excluding hydrogens is 406 g/mol. The number of piperidine rings is 1. The minimum atomic E-state index is 0.483.